The van der Waals surface area contributed by atoms with Crippen LogP contribution in [0.3, 0.4) is 0 Å². The lowest BCUT2D eigenvalue weighted by atomic mass is 9.81. The first-order valence-electron chi connectivity index (χ1n) is 8.20. The molecule has 0 amide bonds. The van der Waals surface area contributed by atoms with Crippen LogP contribution >= 0.6 is 0 Å². The summed E-state index contributed by atoms with van der Waals surface area (Å²) in [6.07, 6.45) is 8.55. The normalized spacial score (nSPS) is 38.5. The van der Waals surface area contributed by atoms with Crippen molar-refractivity contribution in [3.05, 3.63) is 11.6 Å². The van der Waals surface area contributed by atoms with Gasteiger partial charge in [0.1, 0.15) is 0 Å². The number of rotatable bonds is 3. The maximum absolute atomic E-state index is 6.78. The van der Waals surface area contributed by atoms with Crippen LogP contribution in [-0.4, -0.2) is 11.2 Å². The molecule has 1 nitrogen and oxygen atoms in total. The molecule has 0 spiro atoms. The summed E-state index contributed by atoms with van der Waals surface area (Å²) < 4.78 is 6.78. The Morgan fingerprint density at radius 2 is 1.47 bits per heavy atom. The van der Waals surface area contributed by atoms with Gasteiger partial charge in [0.05, 0.1) is 11.2 Å². The molecule has 2 atom stereocenters. The van der Waals surface area contributed by atoms with Crippen LogP contribution in [0.5, 0.6) is 0 Å². The molecule has 0 N–H and O–H groups in total. The monoisotopic (exact) mass is 264 g/mol. The highest BCUT2D eigenvalue weighted by Gasteiger charge is 2.52. The second kappa shape index (κ2) is 5.24. The molecule has 0 aromatic carbocycles. The van der Waals surface area contributed by atoms with Gasteiger partial charge in [-0.1, -0.05) is 53.2 Å². The third kappa shape index (κ3) is 2.63. The Morgan fingerprint density at radius 1 is 0.895 bits per heavy atom. The summed E-state index contributed by atoms with van der Waals surface area (Å²) in [6, 6.07) is 0. The molecule has 1 heteroatoms. The summed E-state index contributed by atoms with van der Waals surface area (Å²) in [6.45, 7) is 14.0. The van der Waals surface area contributed by atoms with Gasteiger partial charge >= 0.3 is 0 Å². The Morgan fingerprint density at radius 3 is 2.00 bits per heavy atom. The lowest BCUT2D eigenvalue weighted by Gasteiger charge is -2.42. The largest absolute Gasteiger partial charge is 0.368 e. The number of hydrogen-bond acceptors (Lipinski definition) is 1. The minimum absolute atomic E-state index is 0.102. The number of hydrogen-bond donors (Lipinski definition) is 0. The van der Waals surface area contributed by atoms with E-state index in [1.54, 1.807) is 5.57 Å². The number of ether oxygens (including phenoxy) is 1. The highest BCUT2D eigenvalue weighted by molar-refractivity contribution is 5.14. The van der Waals surface area contributed by atoms with Gasteiger partial charge in [-0.25, -0.2) is 0 Å². The van der Waals surface area contributed by atoms with Crippen LogP contribution in [0.25, 0.3) is 0 Å². The molecule has 0 unspecified atom stereocenters. The van der Waals surface area contributed by atoms with Gasteiger partial charge in [0.25, 0.3) is 0 Å². The van der Waals surface area contributed by atoms with Gasteiger partial charge in [0.2, 0.25) is 0 Å². The van der Waals surface area contributed by atoms with E-state index in [1.807, 2.05) is 0 Å². The van der Waals surface area contributed by atoms with E-state index in [-0.39, 0.29) is 11.2 Å². The first kappa shape index (κ1) is 15.1. The Kier molecular flexibility index (Phi) is 4.16. The second-order valence-corrected chi connectivity index (χ2v) is 7.68. The lowest BCUT2D eigenvalue weighted by molar-refractivity contribution is -0.149. The summed E-state index contributed by atoms with van der Waals surface area (Å²) >= 11 is 0. The summed E-state index contributed by atoms with van der Waals surface area (Å²) in [5.74, 6) is 1.92. The quantitative estimate of drug-likeness (QED) is 0.624. The van der Waals surface area contributed by atoms with E-state index < -0.39 is 0 Å². The minimum atomic E-state index is 0.102. The average molecular weight is 264 g/mol. The minimum Gasteiger partial charge on any atom is -0.368 e. The zero-order valence-corrected chi connectivity index (χ0v) is 13.8. The first-order chi connectivity index (χ1) is 8.81. The van der Waals surface area contributed by atoms with Gasteiger partial charge in [-0.15, -0.1) is 0 Å². The number of fused-ring (bicyclic) bond motifs is 2. The Labute approximate surface area is 119 Å². The van der Waals surface area contributed by atoms with Crippen molar-refractivity contribution in [1.29, 1.82) is 0 Å². The van der Waals surface area contributed by atoms with Crippen LogP contribution in [0.1, 0.15) is 73.6 Å². The fourth-order valence-electron chi connectivity index (χ4n) is 3.87. The summed E-state index contributed by atoms with van der Waals surface area (Å²) in [7, 11) is 0. The zero-order chi connectivity index (χ0) is 14.3. The van der Waals surface area contributed by atoms with E-state index in [9.17, 15) is 0 Å². The summed E-state index contributed by atoms with van der Waals surface area (Å²) in [4.78, 5) is 0. The van der Waals surface area contributed by atoms with Crippen LogP contribution in [0, 0.1) is 17.8 Å². The fraction of sp³-hybridized carbons (Fsp3) is 0.889. The lowest BCUT2D eigenvalue weighted by Crippen LogP contribution is -2.43. The second-order valence-electron chi connectivity index (χ2n) is 7.68. The highest BCUT2D eigenvalue weighted by Crippen LogP contribution is 2.51. The molecule has 2 bridgehead atoms. The molecule has 2 aliphatic rings. The topological polar surface area (TPSA) is 9.23 Å². The van der Waals surface area contributed by atoms with Gasteiger partial charge < -0.3 is 4.74 Å². The fourth-order valence-corrected chi connectivity index (χ4v) is 3.87. The van der Waals surface area contributed by atoms with Gasteiger partial charge in [-0.3, -0.25) is 0 Å². The predicted octanol–water partition coefficient (Wildman–Crippen LogP) is 5.35. The molecule has 0 radical (unpaired) electrons. The van der Waals surface area contributed by atoms with Crippen molar-refractivity contribution in [3.63, 3.8) is 0 Å². The maximum Gasteiger partial charge on any atom is 0.0748 e. The van der Waals surface area contributed by atoms with Crippen LogP contribution in [0.2, 0.25) is 0 Å². The molecular weight excluding hydrogens is 232 g/mol. The predicted molar refractivity (Wildman–Crippen MR) is 82.2 cm³/mol. The molecule has 110 valence electrons. The van der Waals surface area contributed by atoms with E-state index in [2.05, 4.69) is 47.6 Å². The third-order valence-electron chi connectivity index (χ3n) is 5.77. The van der Waals surface area contributed by atoms with Crippen molar-refractivity contribution < 1.29 is 4.74 Å². The Balaban J connectivity index is 2.34. The summed E-state index contributed by atoms with van der Waals surface area (Å²) in [5, 5.41) is 0. The maximum atomic E-state index is 6.78. The van der Waals surface area contributed by atoms with Gasteiger partial charge in [0.15, 0.2) is 0 Å². The van der Waals surface area contributed by atoms with Gasteiger partial charge in [0, 0.05) is 0 Å². The molecular formula is C18H32O. The van der Waals surface area contributed by atoms with Crippen LogP contribution in [0.15, 0.2) is 11.6 Å². The molecule has 0 aromatic rings. The van der Waals surface area contributed by atoms with Crippen molar-refractivity contribution in [2.75, 3.05) is 0 Å². The van der Waals surface area contributed by atoms with Crippen LogP contribution < -0.4 is 0 Å². The third-order valence-corrected chi connectivity index (χ3v) is 5.77. The van der Waals surface area contributed by atoms with E-state index in [1.165, 1.54) is 25.7 Å². The first-order valence-corrected chi connectivity index (χ1v) is 8.20. The van der Waals surface area contributed by atoms with E-state index in [0.29, 0.717) is 17.8 Å². The van der Waals surface area contributed by atoms with Crippen molar-refractivity contribution in [1.82, 2.24) is 0 Å². The van der Waals surface area contributed by atoms with Gasteiger partial charge in [-0.05, 0) is 49.9 Å². The molecule has 19 heavy (non-hydrogen) atoms. The molecule has 1 saturated heterocycles. The molecule has 1 fully saturated rings. The van der Waals surface area contributed by atoms with Crippen LogP contribution in [0.4, 0.5) is 0 Å². The zero-order valence-electron chi connectivity index (χ0n) is 13.8. The molecule has 2 rings (SSSR count). The van der Waals surface area contributed by atoms with Crippen LogP contribution in [-0.2, 0) is 4.74 Å². The van der Waals surface area contributed by atoms with Crippen molar-refractivity contribution >= 4 is 0 Å². The molecule has 0 aromatic heterocycles. The smallest absolute Gasteiger partial charge is 0.0748 e. The Bertz CT molecular complexity index is 353. The summed E-state index contributed by atoms with van der Waals surface area (Å²) in [5.41, 5.74) is 1.89. The average Bonchev–Trinajstić information content (AvgIpc) is 2.70. The SMILES string of the molecule is CC(C)/C1=C/C[C@@]2(C(C)C)CC[C@@](C(C)C)(CC1)O2. The Hall–Kier alpha value is -0.300. The number of allylic oxidation sites excluding steroid dienone is 1. The van der Waals surface area contributed by atoms with E-state index >= 15 is 0 Å². The van der Waals surface area contributed by atoms with E-state index in [0.717, 1.165) is 6.42 Å². The standard InChI is InChI=1S/C18H32O/c1-13(2)16-7-9-17(14(3)4)11-12-18(19-17,10-8-16)15(5)6/h7,13-15H,8-12H2,1-6H3/b16-7+/t17-,18+/m0/s1. The van der Waals surface area contributed by atoms with Gasteiger partial charge in [-0.2, -0.15) is 0 Å². The molecule has 2 aliphatic heterocycles. The highest BCUT2D eigenvalue weighted by atomic mass is 16.5. The van der Waals surface area contributed by atoms with Crippen molar-refractivity contribution in [3.8, 4) is 0 Å². The molecule has 2 heterocycles. The van der Waals surface area contributed by atoms with Crippen molar-refractivity contribution in [2.24, 2.45) is 17.8 Å². The van der Waals surface area contributed by atoms with E-state index in [4.69, 9.17) is 4.74 Å². The molecule has 0 saturated carbocycles. The molecule has 0 aliphatic carbocycles. The van der Waals surface area contributed by atoms with Crippen molar-refractivity contribution in [2.45, 2.75) is 84.8 Å².